The van der Waals surface area contributed by atoms with Crippen LogP contribution in [0.2, 0.25) is 0 Å². The first-order valence-corrected chi connectivity index (χ1v) is 7.68. The van der Waals surface area contributed by atoms with Gasteiger partial charge >= 0.3 is 0 Å². The number of methoxy groups -OCH3 is 4. The molecule has 1 heterocycles. The topological polar surface area (TPSA) is 85.0 Å². The summed E-state index contributed by atoms with van der Waals surface area (Å²) in [7, 11) is 6.04. The summed E-state index contributed by atoms with van der Waals surface area (Å²) in [5, 5.41) is 12.3. The molecule has 0 spiro atoms. The van der Waals surface area contributed by atoms with Gasteiger partial charge < -0.3 is 23.5 Å². The number of nitro benzene ring substituents is 1. The van der Waals surface area contributed by atoms with Crippen molar-refractivity contribution in [2.45, 2.75) is 0 Å². The number of hydrogen-bond donors (Lipinski definition) is 0. The first kappa shape index (κ1) is 17.4. The van der Waals surface area contributed by atoms with E-state index in [1.54, 1.807) is 29.0 Å². The third-order valence-electron chi connectivity index (χ3n) is 4.14. The van der Waals surface area contributed by atoms with E-state index in [0.717, 1.165) is 5.39 Å². The van der Waals surface area contributed by atoms with E-state index < -0.39 is 4.92 Å². The van der Waals surface area contributed by atoms with E-state index >= 15 is 0 Å². The Morgan fingerprint density at radius 1 is 0.923 bits per heavy atom. The first-order valence-electron chi connectivity index (χ1n) is 7.68. The van der Waals surface area contributed by atoms with Crippen LogP contribution in [0.25, 0.3) is 16.6 Å². The van der Waals surface area contributed by atoms with E-state index in [9.17, 15) is 10.1 Å². The molecule has 0 unspecified atom stereocenters. The smallest absolute Gasteiger partial charge is 0.296 e. The summed E-state index contributed by atoms with van der Waals surface area (Å²) < 4.78 is 23.1. The SMILES string of the molecule is COc1ccc(-n2ccc3c(OC)c(OC)c(OC)cc32)c([N+](=O)[O-])c1. The zero-order valence-electron chi connectivity index (χ0n) is 14.8. The second-order valence-electron chi connectivity index (χ2n) is 5.38. The maximum atomic E-state index is 11.5. The van der Waals surface area contributed by atoms with E-state index in [0.29, 0.717) is 34.2 Å². The van der Waals surface area contributed by atoms with E-state index in [-0.39, 0.29) is 5.69 Å². The molecule has 0 bridgehead atoms. The molecular weight excluding hydrogens is 340 g/mol. The van der Waals surface area contributed by atoms with Crippen molar-refractivity contribution in [3.05, 3.63) is 46.6 Å². The molecule has 0 aliphatic rings. The van der Waals surface area contributed by atoms with Gasteiger partial charge in [0.25, 0.3) is 5.69 Å². The van der Waals surface area contributed by atoms with Gasteiger partial charge in [0.2, 0.25) is 5.75 Å². The predicted molar refractivity (Wildman–Crippen MR) is 96.1 cm³/mol. The lowest BCUT2D eigenvalue weighted by Gasteiger charge is -2.14. The molecule has 0 atom stereocenters. The Balaban J connectivity index is 2.33. The minimum atomic E-state index is -0.443. The van der Waals surface area contributed by atoms with Gasteiger partial charge in [-0.3, -0.25) is 10.1 Å². The van der Waals surface area contributed by atoms with Crippen LogP contribution < -0.4 is 18.9 Å². The van der Waals surface area contributed by atoms with E-state index in [2.05, 4.69) is 0 Å². The Hall–Kier alpha value is -3.42. The van der Waals surface area contributed by atoms with Crippen molar-refractivity contribution in [3.8, 4) is 28.7 Å². The van der Waals surface area contributed by atoms with Crippen LogP contribution in [-0.2, 0) is 0 Å². The van der Waals surface area contributed by atoms with Crippen molar-refractivity contribution in [2.75, 3.05) is 28.4 Å². The summed E-state index contributed by atoms with van der Waals surface area (Å²) in [5.74, 6) is 1.84. The average Bonchev–Trinajstić information content (AvgIpc) is 3.08. The molecule has 0 saturated heterocycles. The summed E-state index contributed by atoms with van der Waals surface area (Å²) >= 11 is 0. The number of ether oxygens (including phenoxy) is 4. The number of benzene rings is 2. The molecule has 2 aromatic carbocycles. The summed E-state index contributed by atoms with van der Waals surface area (Å²) in [6.45, 7) is 0. The van der Waals surface area contributed by atoms with Crippen molar-refractivity contribution >= 4 is 16.6 Å². The molecule has 0 fully saturated rings. The summed E-state index contributed by atoms with van der Waals surface area (Å²) in [5.41, 5.74) is 1.02. The Bertz CT molecular complexity index is 979. The van der Waals surface area contributed by atoms with Crippen molar-refractivity contribution in [3.63, 3.8) is 0 Å². The molecule has 8 heteroatoms. The quantitative estimate of drug-likeness (QED) is 0.495. The van der Waals surface area contributed by atoms with Crippen LogP contribution in [0, 0.1) is 10.1 Å². The van der Waals surface area contributed by atoms with Gasteiger partial charge in [-0.1, -0.05) is 0 Å². The summed E-state index contributed by atoms with van der Waals surface area (Å²) in [6, 6.07) is 8.26. The molecule has 0 aliphatic carbocycles. The molecule has 0 saturated carbocycles. The third-order valence-corrected chi connectivity index (χ3v) is 4.14. The summed E-state index contributed by atoms with van der Waals surface area (Å²) in [6.07, 6.45) is 1.74. The lowest BCUT2D eigenvalue weighted by Crippen LogP contribution is -2.01. The average molecular weight is 358 g/mol. The largest absolute Gasteiger partial charge is 0.496 e. The van der Waals surface area contributed by atoms with Gasteiger partial charge in [0.05, 0.1) is 44.9 Å². The van der Waals surface area contributed by atoms with Crippen molar-refractivity contribution < 1.29 is 23.9 Å². The normalized spacial score (nSPS) is 10.6. The lowest BCUT2D eigenvalue weighted by molar-refractivity contribution is -0.384. The molecular formula is C18H18N2O6. The Morgan fingerprint density at radius 2 is 1.65 bits per heavy atom. The van der Waals surface area contributed by atoms with Crippen molar-refractivity contribution in [1.29, 1.82) is 0 Å². The Morgan fingerprint density at radius 3 is 2.23 bits per heavy atom. The number of nitro groups is 1. The fourth-order valence-electron chi connectivity index (χ4n) is 2.95. The number of nitrogens with zero attached hydrogens (tertiary/aromatic N) is 2. The molecule has 3 aromatic rings. The van der Waals surface area contributed by atoms with Gasteiger partial charge in [0.15, 0.2) is 11.5 Å². The predicted octanol–water partition coefficient (Wildman–Crippen LogP) is 3.57. The van der Waals surface area contributed by atoms with E-state index in [1.165, 1.54) is 34.5 Å². The number of hydrogen-bond acceptors (Lipinski definition) is 6. The summed E-state index contributed by atoms with van der Waals surface area (Å²) in [4.78, 5) is 11.1. The molecule has 0 amide bonds. The second kappa shape index (κ2) is 6.83. The maximum Gasteiger partial charge on any atom is 0.296 e. The monoisotopic (exact) mass is 358 g/mol. The Kier molecular flexibility index (Phi) is 4.57. The van der Waals surface area contributed by atoms with Crippen LogP contribution in [0.1, 0.15) is 0 Å². The van der Waals surface area contributed by atoms with Crippen LogP contribution in [0.15, 0.2) is 36.5 Å². The van der Waals surface area contributed by atoms with Crippen LogP contribution in [0.4, 0.5) is 5.69 Å². The number of rotatable bonds is 6. The van der Waals surface area contributed by atoms with E-state index in [4.69, 9.17) is 18.9 Å². The molecule has 0 N–H and O–H groups in total. The highest BCUT2D eigenvalue weighted by atomic mass is 16.6. The van der Waals surface area contributed by atoms with Crippen LogP contribution >= 0.6 is 0 Å². The molecule has 0 aliphatic heterocycles. The molecule has 136 valence electrons. The second-order valence-corrected chi connectivity index (χ2v) is 5.38. The fraction of sp³-hybridized carbons (Fsp3) is 0.222. The standard InChI is InChI=1S/C18H18N2O6/c1-23-11-5-6-13(15(9-11)20(21)22)19-8-7-12-14(19)10-16(24-2)18(26-4)17(12)25-3/h5-10H,1-4H3. The minimum Gasteiger partial charge on any atom is -0.496 e. The third kappa shape index (κ3) is 2.65. The zero-order valence-corrected chi connectivity index (χ0v) is 14.8. The number of fused-ring (bicyclic) bond motifs is 1. The lowest BCUT2D eigenvalue weighted by atomic mass is 10.2. The Labute approximate surface area is 149 Å². The minimum absolute atomic E-state index is 0.0735. The molecule has 1 aromatic heterocycles. The highest BCUT2D eigenvalue weighted by molar-refractivity contribution is 5.93. The zero-order chi connectivity index (χ0) is 18.8. The van der Waals surface area contributed by atoms with Crippen molar-refractivity contribution in [1.82, 2.24) is 4.57 Å². The molecule has 26 heavy (non-hydrogen) atoms. The van der Waals surface area contributed by atoms with Gasteiger partial charge in [0, 0.05) is 17.6 Å². The van der Waals surface area contributed by atoms with Gasteiger partial charge in [-0.05, 0) is 18.2 Å². The molecule has 3 rings (SSSR count). The van der Waals surface area contributed by atoms with Gasteiger partial charge in [-0.2, -0.15) is 0 Å². The van der Waals surface area contributed by atoms with Crippen molar-refractivity contribution in [2.24, 2.45) is 0 Å². The van der Waals surface area contributed by atoms with E-state index in [1.807, 2.05) is 6.07 Å². The van der Waals surface area contributed by atoms with Gasteiger partial charge in [0.1, 0.15) is 11.4 Å². The maximum absolute atomic E-state index is 11.5. The molecule has 0 radical (unpaired) electrons. The van der Waals surface area contributed by atoms with Gasteiger partial charge in [-0.25, -0.2) is 0 Å². The van der Waals surface area contributed by atoms with Gasteiger partial charge in [-0.15, -0.1) is 0 Å². The van der Waals surface area contributed by atoms with Crippen LogP contribution in [0.5, 0.6) is 23.0 Å². The number of aromatic nitrogens is 1. The first-order chi connectivity index (χ1) is 12.5. The fourth-order valence-corrected chi connectivity index (χ4v) is 2.95. The van der Waals surface area contributed by atoms with Crippen LogP contribution in [0.3, 0.4) is 0 Å². The highest BCUT2D eigenvalue weighted by Gasteiger charge is 2.22. The molecule has 8 nitrogen and oxygen atoms in total. The highest BCUT2D eigenvalue weighted by Crippen LogP contribution is 2.44. The van der Waals surface area contributed by atoms with Crippen LogP contribution in [-0.4, -0.2) is 37.9 Å².